The Hall–Kier alpha value is -2.15. The molecule has 0 N–H and O–H groups in total. The van der Waals surface area contributed by atoms with Crippen molar-refractivity contribution in [3.63, 3.8) is 0 Å². The summed E-state index contributed by atoms with van der Waals surface area (Å²) in [5.41, 5.74) is 1.49. The van der Waals surface area contributed by atoms with Crippen molar-refractivity contribution >= 4 is 27.3 Å². The van der Waals surface area contributed by atoms with E-state index < -0.39 is 0 Å². The van der Waals surface area contributed by atoms with Gasteiger partial charge in [0.2, 0.25) is 0 Å². The van der Waals surface area contributed by atoms with Gasteiger partial charge in [0.1, 0.15) is 5.78 Å². The van der Waals surface area contributed by atoms with Crippen molar-refractivity contribution in [1.82, 2.24) is 0 Å². The van der Waals surface area contributed by atoms with E-state index in [0.29, 0.717) is 41.3 Å². The average Bonchev–Trinajstić information content (AvgIpc) is 3.47. The molecule has 1 aliphatic carbocycles. The van der Waals surface area contributed by atoms with Crippen LogP contribution in [-0.2, 0) is 4.79 Å². The van der Waals surface area contributed by atoms with E-state index in [9.17, 15) is 4.79 Å². The molecule has 1 heteroatoms. The summed E-state index contributed by atoms with van der Waals surface area (Å²) in [6.45, 7) is 11.2. The van der Waals surface area contributed by atoms with Crippen molar-refractivity contribution in [3.8, 4) is 0 Å². The number of unbranched alkanes of at least 4 members (excludes halogenated alkanes) is 1. The van der Waals surface area contributed by atoms with Gasteiger partial charge in [0.15, 0.2) is 0 Å². The number of fused-ring (bicyclic) bond motifs is 2. The smallest absolute Gasteiger partial charge is 0.133 e. The predicted molar refractivity (Wildman–Crippen MR) is 133 cm³/mol. The fourth-order valence-electron chi connectivity index (χ4n) is 6.35. The van der Waals surface area contributed by atoms with E-state index in [-0.39, 0.29) is 0 Å². The summed E-state index contributed by atoms with van der Waals surface area (Å²) in [5, 5.41) is 5.44. The predicted octanol–water partition coefficient (Wildman–Crippen LogP) is 8.40. The number of carbonyl (C=O) groups is 1. The Morgan fingerprint density at radius 1 is 0.935 bits per heavy atom. The van der Waals surface area contributed by atoms with E-state index in [1.807, 2.05) is 6.92 Å². The molecule has 1 nitrogen and oxygen atoms in total. The third-order valence-corrected chi connectivity index (χ3v) is 7.87. The van der Waals surface area contributed by atoms with E-state index >= 15 is 0 Å². The second-order valence-corrected chi connectivity index (χ2v) is 10.3. The summed E-state index contributed by atoms with van der Waals surface area (Å²) in [6.07, 6.45) is 4.85. The van der Waals surface area contributed by atoms with Gasteiger partial charge >= 0.3 is 0 Å². The van der Waals surface area contributed by atoms with E-state index in [0.717, 1.165) is 6.42 Å². The highest BCUT2D eigenvalue weighted by molar-refractivity contribution is 6.02. The summed E-state index contributed by atoms with van der Waals surface area (Å²) in [7, 11) is 0. The Morgan fingerprint density at radius 2 is 1.52 bits per heavy atom. The lowest BCUT2D eigenvalue weighted by molar-refractivity contribution is -0.118. The summed E-state index contributed by atoms with van der Waals surface area (Å²) in [6, 6.07) is 20.0. The lowest BCUT2D eigenvalue weighted by Gasteiger charge is -2.27. The molecule has 1 aliphatic rings. The fraction of sp³-hybridized carbons (Fsp3) is 0.500. The standard InChI is InChI=1S/C30H38O/c1-6-7-14-26-29(21(5)31)30(26)27(19(2)3)17-20(4)28-24-15-10-8-12-22(24)18-23-13-9-11-16-25(23)28/h8-13,15-16,18-20,26-27,29-30H,6-7,14,17H2,1-5H3/t20?,26?,27-,29?,30?/m1/s1. The number of ketones is 1. The maximum Gasteiger partial charge on any atom is 0.133 e. The van der Waals surface area contributed by atoms with Crippen LogP contribution in [-0.4, -0.2) is 5.78 Å². The molecule has 4 rings (SSSR count). The summed E-state index contributed by atoms with van der Waals surface area (Å²) in [4.78, 5) is 12.4. The highest BCUT2D eigenvalue weighted by atomic mass is 16.1. The molecule has 0 aromatic heterocycles. The first kappa shape index (κ1) is 22.1. The molecule has 164 valence electrons. The molecule has 0 amide bonds. The maximum absolute atomic E-state index is 12.4. The molecule has 4 unspecified atom stereocenters. The van der Waals surface area contributed by atoms with Crippen LogP contribution in [0.3, 0.4) is 0 Å². The number of hydrogen-bond donors (Lipinski definition) is 0. The summed E-state index contributed by atoms with van der Waals surface area (Å²) < 4.78 is 0. The molecule has 31 heavy (non-hydrogen) atoms. The molecular formula is C30H38O. The Morgan fingerprint density at radius 3 is 2.03 bits per heavy atom. The number of benzene rings is 3. The first-order valence-electron chi connectivity index (χ1n) is 12.3. The number of carbonyl (C=O) groups excluding carboxylic acids is 1. The third kappa shape index (κ3) is 4.29. The normalized spacial score (nSPS) is 22.7. The average molecular weight is 415 g/mol. The number of Topliss-reactive ketones (excluding diaryl/α,β-unsaturated/α-hetero) is 1. The fourth-order valence-corrected chi connectivity index (χ4v) is 6.35. The molecule has 3 aromatic carbocycles. The van der Waals surface area contributed by atoms with Gasteiger partial charge in [0.25, 0.3) is 0 Å². The highest BCUT2D eigenvalue weighted by Crippen LogP contribution is 2.58. The highest BCUT2D eigenvalue weighted by Gasteiger charge is 2.56. The molecule has 0 bridgehead atoms. The van der Waals surface area contributed by atoms with Crippen LogP contribution in [0.15, 0.2) is 54.6 Å². The van der Waals surface area contributed by atoms with Gasteiger partial charge < -0.3 is 0 Å². The Balaban J connectivity index is 1.69. The van der Waals surface area contributed by atoms with Gasteiger partial charge in [-0.1, -0.05) is 89.1 Å². The Labute approximate surface area is 188 Å². The molecule has 5 atom stereocenters. The second kappa shape index (κ2) is 9.15. The summed E-state index contributed by atoms with van der Waals surface area (Å²) in [5.74, 6) is 3.57. The van der Waals surface area contributed by atoms with Gasteiger partial charge in [0.05, 0.1) is 0 Å². The first-order valence-corrected chi connectivity index (χ1v) is 12.3. The zero-order chi connectivity index (χ0) is 22.1. The number of rotatable bonds is 9. The van der Waals surface area contributed by atoms with Crippen molar-refractivity contribution in [1.29, 1.82) is 0 Å². The van der Waals surface area contributed by atoms with Gasteiger partial charge in [0, 0.05) is 5.92 Å². The Kier molecular flexibility index (Phi) is 6.51. The van der Waals surface area contributed by atoms with Gasteiger partial charge in [-0.15, -0.1) is 0 Å². The van der Waals surface area contributed by atoms with E-state index in [4.69, 9.17) is 0 Å². The van der Waals surface area contributed by atoms with Crippen LogP contribution >= 0.6 is 0 Å². The van der Waals surface area contributed by atoms with Crippen LogP contribution < -0.4 is 0 Å². The van der Waals surface area contributed by atoms with E-state index in [2.05, 4.69) is 82.3 Å². The van der Waals surface area contributed by atoms with Crippen molar-refractivity contribution < 1.29 is 4.79 Å². The van der Waals surface area contributed by atoms with E-state index in [1.54, 1.807) is 0 Å². The van der Waals surface area contributed by atoms with E-state index in [1.165, 1.54) is 46.4 Å². The van der Waals surface area contributed by atoms with Crippen LogP contribution in [0.5, 0.6) is 0 Å². The molecule has 0 spiro atoms. The maximum atomic E-state index is 12.4. The molecule has 0 radical (unpaired) electrons. The van der Waals surface area contributed by atoms with Crippen molar-refractivity contribution in [2.24, 2.45) is 29.6 Å². The Bertz CT molecular complexity index is 1010. The van der Waals surface area contributed by atoms with Crippen LogP contribution in [0.4, 0.5) is 0 Å². The zero-order valence-electron chi connectivity index (χ0n) is 19.9. The van der Waals surface area contributed by atoms with Gasteiger partial charge in [-0.05, 0) is 82.5 Å². The minimum absolute atomic E-state index is 0.301. The minimum Gasteiger partial charge on any atom is -0.300 e. The molecule has 0 saturated heterocycles. The minimum atomic E-state index is 0.301. The van der Waals surface area contributed by atoms with Crippen LogP contribution in [0.1, 0.15) is 71.8 Å². The topological polar surface area (TPSA) is 17.1 Å². The molecule has 1 fully saturated rings. The molecule has 3 aromatic rings. The lowest BCUT2D eigenvalue weighted by atomic mass is 9.77. The van der Waals surface area contributed by atoms with Gasteiger partial charge in [-0.25, -0.2) is 0 Å². The largest absolute Gasteiger partial charge is 0.300 e. The molecule has 1 saturated carbocycles. The number of hydrogen-bond acceptors (Lipinski definition) is 1. The SMILES string of the molecule is CCCCC1C(C(C)=O)C1[C@H](CC(C)c1c2ccccc2cc2ccccc12)C(C)C. The quantitative estimate of drug-likeness (QED) is 0.321. The van der Waals surface area contributed by atoms with Gasteiger partial charge in [-0.3, -0.25) is 4.79 Å². The third-order valence-electron chi connectivity index (χ3n) is 7.87. The lowest BCUT2D eigenvalue weighted by Crippen LogP contribution is -2.17. The van der Waals surface area contributed by atoms with Crippen molar-refractivity contribution in [3.05, 3.63) is 60.2 Å². The second-order valence-electron chi connectivity index (χ2n) is 10.3. The van der Waals surface area contributed by atoms with Crippen LogP contribution in [0.2, 0.25) is 0 Å². The zero-order valence-corrected chi connectivity index (χ0v) is 19.9. The van der Waals surface area contributed by atoms with Gasteiger partial charge in [-0.2, -0.15) is 0 Å². The summed E-state index contributed by atoms with van der Waals surface area (Å²) >= 11 is 0. The first-order chi connectivity index (χ1) is 14.9. The van der Waals surface area contributed by atoms with Crippen molar-refractivity contribution in [2.45, 2.75) is 66.2 Å². The monoisotopic (exact) mass is 414 g/mol. The van der Waals surface area contributed by atoms with Crippen LogP contribution in [0.25, 0.3) is 21.5 Å². The molecule has 0 heterocycles. The molecule has 0 aliphatic heterocycles. The molecular weight excluding hydrogens is 376 g/mol. The van der Waals surface area contributed by atoms with Crippen LogP contribution in [0, 0.1) is 29.6 Å². The van der Waals surface area contributed by atoms with Crippen molar-refractivity contribution in [2.75, 3.05) is 0 Å².